The summed E-state index contributed by atoms with van der Waals surface area (Å²) in [5, 5.41) is 7.30. The fraction of sp³-hybridized carbons (Fsp3) is 0.300. The molecule has 0 aliphatic carbocycles. The molecule has 68 valence electrons. The molecule has 2 rings (SSSR count). The van der Waals surface area contributed by atoms with Crippen LogP contribution in [-0.2, 0) is 6.42 Å². The van der Waals surface area contributed by atoms with Crippen molar-refractivity contribution < 1.29 is 0 Å². The van der Waals surface area contributed by atoms with Crippen molar-refractivity contribution in [3.05, 3.63) is 29.3 Å². The molecule has 0 aromatic heterocycles. The Morgan fingerprint density at radius 1 is 1.54 bits per heavy atom. The quantitative estimate of drug-likeness (QED) is 0.523. The van der Waals surface area contributed by atoms with Gasteiger partial charge in [-0.15, -0.1) is 0 Å². The Labute approximate surface area is 77.9 Å². The summed E-state index contributed by atoms with van der Waals surface area (Å²) >= 11 is 0. The van der Waals surface area contributed by atoms with Crippen molar-refractivity contribution in [2.75, 3.05) is 18.9 Å². The summed E-state index contributed by atoms with van der Waals surface area (Å²) in [6.07, 6.45) is 2.95. The highest BCUT2D eigenvalue weighted by molar-refractivity contribution is 5.81. The molecule has 1 heterocycles. The first kappa shape index (κ1) is 8.10. The van der Waals surface area contributed by atoms with Crippen LogP contribution in [0.1, 0.15) is 11.1 Å². The van der Waals surface area contributed by atoms with Crippen LogP contribution in [0.15, 0.2) is 23.3 Å². The molecular weight excluding hydrogens is 162 g/mol. The van der Waals surface area contributed by atoms with E-state index in [0.29, 0.717) is 0 Å². The summed E-state index contributed by atoms with van der Waals surface area (Å²) in [4.78, 5) is 0. The number of rotatable bonds is 2. The lowest BCUT2D eigenvalue weighted by Gasteiger charge is -1.99. The van der Waals surface area contributed by atoms with Gasteiger partial charge in [0.2, 0.25) is 0 Å². The monoisotopic (exact) mass is 175 g/mol. The van der Waals surface area contributed by atoms with Gasteiger partial charge in [0, 0.05) is 19.3 Å². The van der Waals surface area contributed by atoms with Crippen molar-refractivity contribution in [2.45, 2.75) is 6.42 Å². The third kappa shape index (κ3) is 1.64. The summed E-state index contributed by atoms with van der Waals surface area (Å²) in [7, 11) is 1.80. The lowest BCUT2D eigenvalue weighted by Crippen LogP contribution is -1.95. The van der Waals surface area contributed by atoms with Gasteiger partial charge in [-0.05, 0) is 29.7 Å². The molecule has 1 aromatic rings. The van der Waals surface area contributed by atoms with Crippen LogP contribution >= 0.6 is 0 Å². The molecule has 0 fully saturated rings. The molecule has 0 saturated heterocycles. The van der Waals surface area contributed by atoms with E-state index in [-0.39, 0.29) is 0 Å². The first-order chi connectivity index (χ1) is 6.40. The summed E-state index contributed by atoms with van der Waals surface area (Å²) in [5.41, 5.74) is 6.54. The average Bonchev–Trinajstić information content (AvgIpc) is 2.61. The standard InChI is InChI=1S/C10H13N3/c1-11-13-7-8-2-3-10-9(6-8)4-5-12-10/h2-3,6-7,11-12H,4-5H2,1H3/b13-7+. The Morgan fingerprint density at radius 3 is 3.31 bits per heavy atom. The maximum Gasteiger partial charge on any atom is 0.0540 e. The third-order valence-electron chi connectivity index (χ3n) is 2.18. The van der Waals surface area contributed by atoms with Crippen LogP contribution in [0.5, 0.6) is 0 Å². The number of hydrogen-bond acceptors (Lipinski definition) is 3. The fourth-order valence-electron chi connectivity index (χ4n) is 1.54. The van der Waals surface area contributed by atoms with E-state index in [4.69, 9.17) is 0 Å². The molecule has 0 unspecified atom stereocenters. The van der Waals surface area contributed by atoms with Crippen molar-refractivity contribution in [2.24, 2.45) is 5.10 Å². The topological polar surface area (TPSA) is 36.4 Å². The van der Waals surface area contributed by atoms with Crippen molar-refractivity contribution in [3.8, 4) is 0 Å². The summed E-state index contributed by atoms with van der Waals surface area (Å²) in [6.45, 7) is 1.06. The van der Waals surface area contributed by atoms with E-state index in [1.54, 1.807) is 7.05 Å². The number of anilines is 1. The van der Waals surface area contributed by atoms with E-state index in [0.717, 1.165) is 18.5 Å². The highest BCUT2D eigenvalue weighted by atomic mass is 15.3. The van der Waals surface area contributed by atoms with Gasteiger partial charge in [0.15, 0.2) is 0 Å². The van der Waals surface area contributed by atoms with Crippen molar-refractivity contribution in [1.82, 2.24) is 5.43 Å². The van der Waals surface area contributed by atoms with E-state index in [2.05, 4.69) is 34.0 Å². The molecular formula is C10H13N3. The molecule has 1 aliphatic heterocycles. The van der Waals surface area contributed by atoms with Crippen LogP contribution < -0.4 is 10.7 Å². The van der Waals surface area contributed by atoms with Gasteiger partial charge in [-0.1, -0.05) is 6.07 Å². The van der Waals surface area contributed by atoms with Crippen LogP contribution in [-0.4, -0.2) is 19.8 Å². The first-order valence-electron chi connectivity index (χ1n) is 4.47. The van der Waals surface area contributed by atoms with Gasteiger partial charge in [0.1, 0.15) is 0 Å². The molecule has 1 aliphatic rings. The van der Waals surface area contributed by atoms with E-state index in [1.807, 2.05) is 6.21 Å². The molecule has 0 spiro atoms. The van der Waals surface area contributed by atoms with Crippen LogP contribution in [0.25, 0.3) is 0 Å². The number of hydrazone groups is 1. The minimum absolute atomic E-state index is 1.06. The van der Waals surface area contributed by atoms with Crippen molar-refractivity contribution >= 4 is 11.9 Å². The van der Waals surface area contributed by atoms with Gasteiger partial charge >= 0.3 is 0 Å². The van der Waals surface area contributed by atoms with Gasteiger partial charge in [-0.25, -0.2) is 0 Å². The highest BCUT2D eigenvalue weighted by Gasteiger charge is 2.08. The Hall–Kier alpha value is -1.51. The lowest BCUT2D eigenvalue weighted by molar-refractivity contribution is 0.908. The Bertz CT molecular complexity index is 331. The van der Waals surface area contributed by atoms with Gasteiger partial charge in [0.25, 0.3) is 0 Å². The molecule has 0 bridgehead atoms. The molecule has 0 amide bonds. The van der Waals surface area contributed by atoms with Gasteiger partial charge < -0.3 is 10.7 Å². The zero-order valence-corrected chi connectivity index (χ0v) is 7.67. The highest BCUT2D eigenvalue weighted by Crippen LogP contribution is 2.22. The number of nitrogens with one attached hydrogen (secondary N) is 2. The SMILES string of the molecule is CN/N=C/c1ccc2c(c1)CCN2. The zero-order chi connectivity index (χ0) is 9.10. The Morgan fingerprint density at radius 2 is 2.46 bits per heavy atom. The second-order valence-electron chi connectivity index (χ2n) is 3.08. The van der Waals surface area contributed by atoms with E-state index in [9.17, 15) is 0 Å². The van der Waals surface area contributed by atoms with E-state index in [1.165, 1.54) is 11.3 Å². The molecule has 13 heavy (non-hydrogen) atoms. The molecule has 0 atom stereocenters. The van der Waals surface area contributed by atoms with Crippen molar-refractivity contribution in [3.63, 3.8) is 0 Å². The molecule has 1 aromatic carbocycles. The lowest BCUT2D eigenvalue weighted by atomic mass is 10.1. The third-order valence-corrected chi connectivity index (χ3v) is 2.18. The van der Waals surface area contributed by atoms with Crippen LogP contribution in [0.4, 0.5) is 5.69 Å². The van der Waals surface area contributed by atoms with Gasteiger partial charge in [-0.3, -0.25) is 0 Å². The predicted octanol–water partition coefficient (Wildman–Crippen LogP) is 1.21. The van der Waals surface area contributed by atoms with Gasteiger partial charge in [0.05, 0.1) is 6.21 Å². The molecule has 2 N–H and O–H groups in total. The average molecular weight is 175 g/mol. The van der Waals surface area contributed by atoms with Crippen LogP contribution in [0, 0.1) is 0 Å². The van der Waals surface area contributed by atoms with Crippen molar-refractivity contribution in [1.29, 1.82) is 0 Å². The maximum atomic E-state index is 3.97. The van der Waals surface area contributed by atoms with E-state index < -0.39 is 0 Å². The minimum Gasteiger partial charge on any atom is -0.384 e. The zero-order valence-electron chi connectivity index (χ0n) is 7.67. The Balaban J connectivity index is 2.25. The molecule has 3 heteroatoms. The fourth-order valence-corrected chi connectivity index (χ4v) is 1.54. The summed E-state index contributed by atoms with van der Waals surface area (Å²) in [5.74, 6) is 0. The number of nitrogens with zero attached hydrogens (tertiary/aromatic N) is 1. The maximum absolute atomic E-state index is 3.97. The smallest absolute Gasteiger partial charge is 0.0540 e. The summed E-state index contributed by atoms with van der Waals surface area (Å²) < 4.78 is 0. The predicted molar refractivity (Wildman–Crippen MR) is 55.3 cm³/mol. The molecule has 3 nitrogen and oxygen atoms in total. The molecule has 0 saturated carbocycles. The molecule has 0 radical (unpaired) electrons. The largest absolute Gasteiger partial charge is 0.384 e. The second-order valence-corrected chi connectivity index (χ2v) is 3.08. The Kier molecular flexibility index (Phi) is 2.17. The normalized spacial score (nSPS) is 14.2. The van der Waals surface area contributed by atoms with Crippen LogP contribution in [0.2, 0.25) is 0 Å². The second kappa shape index (κ2) is 3.47. The number of fused-ring (bicyclic) bond motifs is 1. The minimum atomic E-state index is 1.06. The van der Waals surface area contributed by atoms with Gasteiger partial charge in [-0.2, -0.15) is 5.10 Å². The number of hydrogen-bond donors (Lipinski definition) is 2. The first-order valence-corrected chi connectivity index (χ1v) is 4.47. The summed E-state index contributed by atoms with van der Waals surface area (Å²) in [6, 6.07) is 6.35. The van der Waals surface area contributed by atoms with Crippen LogP contribution in [0.3, 0.4) is 0 Å². The number of benzene rings is 1. The van der Waals surface area contributed by atoms with E-state index >= 15 is 0 Å².